The number of carbonyl (C=O) groups is 2. The molecule has 27 heavy (non-hydrogen) atoms. The van der Waals surface area contributed by atoms with Gasteiger partial charge in [-0.05, 0) is 68.6 Å². The summed E-state index contributed by atoms with van der Waals surface area (Å²) in [6, 6.07) is 6.11. The van der Waals surface area contributed by atoms with E-state index in [9.17, 15) is 9.59 Å². The summed E-state index contributed by atoms with van der Waals surface area (Å²) >= 11 is 0. The molecular weight excluding hydrogens is 340 g/mol. The molecule has 2 bridgehead atoms. The Bertz CT molecular complexity index is 721. The fourth-order valence-corrected chi connectivity index (χ4v) is 5.16. The van der Waals surface area contributed by atoms with Gasteiger partial charge in [-0.1, -0.05) is 12.5 Å². The van der Waals surface area contributed by atoms with Gasteiger partial charge in [0.15, 0.2) is 0 Å². The number of nitrogens with one attached hydrogen (secondary N) is 2. The summed E-state index contributed by atoms with van der Waals surface area (Å²) < 4.78 is 0. The molecular formula is C21H30N4O2. The highest BCUT2D eigenvalue weighted by Gasteiger charge is 2.40. The van der Waals surface area contributed by atoms with Crippen molar-refractivity contribution in [2.75, 3.05) is 23.3 Å². The Labute approximate surface area is 160 Å². The zero-order valence-corrected chi connectivity index (χ0v) is 16.0. The number of nitrogens with two attached hydrogens (primary N) is 1. The quantitative estimate of drug-likeness (QED) is 0.764. The number of hydrogen-bond acceptors (Lipinski definition) is 3. The molecule has 6 nitrogen and oxygen atoms in total. The van der Waals surface area contributed by atoms with Crippen molar-refractivity contribution in [1.82, 2.24) is 5.32 Å². The van der Waals surface area contributed by atoms with Gasteiger partial charge in [-0.2, -0.15) is 0 Å². The number of carbonyl (C=O) groups excluding carboxylic acids is 2. The summed E-state index contributed by atoms with van der Waals surface area (Å²) in [5.74, 6) is 1.12. The monoisotopic (exact) mass is 370 g/mol. The Morgan fingerprint density at radius 2 is 1.96 bits per heavy atom. The van der Waals surface area contributed by atoms with Crippen LogP contribution in [0.3, 0.4) is 0 Å². The maximum atomic E-state index is 12.9. The summed E-state index contributed by atoms with van der Waals surface area (Å²) in [7, 11) is 0. The molecule has 1 aromatic carbocycles. The minimum atomic E-state index is -0.0752. The van der Waals surface area contributed by atoms with E-state index in [0.717, 1.165) is 49.0 Å². The Hall–Kier alpha value is -2.08. The fourth-order valence-electron chi connectivity index (χ4n) is 5.16. The number of benzene rings is 1. The minimum Gasteiger partial charge on any atom is -0.338 e. The van der Waals surface area contributed by atoms with E-state index < -0.39 is 0 Å². The second kappa shape index (κ2) is 7.50. The lowest BCUT2D eigenvalue weighted by Crippen LogP contribution is -2.48. The summed E-state index contributed by atoms with van der Waals surface area (Å²) in [6.45, 7) is 3.20. The van der Waals surface area contributed by atoms with Gasteiger partial charge in [0.2, 0.25) is 5.91 Å². The van der Waals surface area contributed by atoms with E-state index in [4.69, 9.17) is 5.73 Å². The third-order valence-corrected chi connectivity index (χ3v) is 6.61. The van der Waals surface area contributed by atoms with Crippen LogP contribution in [0.1, 0.15) is 44.6 Å². The van der Waals surface area contributed by atoms with Crippen LogP contribution in [0.15, 0.2) is 18.2 Å². The predicted molar refractivity (Wildman–Crippen MR) is 107 cm³/mol. The number of nitrogens with zero attached hydrogens (tertiary/aromatic N) is 1. The maximum absolute atomic E-state index is 12.9. The molecule has 2 fully saturated rings. The van der Waals surface area contributed by atoms with E-state index in [1.54, 1.807) is 4.90 Å². The van der Waals surface area contributed by atoms with Crippen LogP contribution in [0.4, 0.5) is 16.2 Å². The molecule has 1 aromatic rings. The summed E-state index contributed by atoms with van der Waals surface area (Å²) in [5.41, 5.74) is 9.18. The van der Waals surface area contributed by atoms with Gasteiger partial charge < -0.3 is 16.4 Å². The Morgan fingerprint density at radius 1 is 1.22 bits per heavy atom. The Balaban J connectivity index is 1.45. The van der Waals surface area contributed by atoms with Crippen molar-refractivity contribution in [3.05, 3.63) is 23.8 Å². The highest BCUT2D eigenvalue weighted by molar-refractivity contribution is 5.97. The smallest absolute Gasteiger partial charge is 0.321 e. The van der Waals surface area contributed by atoms with E-state index in [1.165, 1.54) is 6.42 Å². The molecule has 0 aromatic heterocycles. The zero-order valence-electron chi connectivity index (χ0n) is 16.0. The summed E-state index contributed by atoms with van der Waals surface area (Å²) in [4.78, 5) is 26.9. The third-order valence-electron chi connectivity index (χ3n) is 6.61. The van der Waals surface area contributed by atoms with Crippen LogP contribution in [-0.4, -0.2) is 31.1 Å². The van der Waals surface area contributed by atoms with Crippen molar-refractivity contribution in [2.45, 2.75) is 51.5 Å². The van der Waals surface area contributed by atoms with Crippen molar-refractivity contribution in [2.24, 2.45) is 23.5 Å². The highest BCUT2D eigenvalue weighted by Crippen LogP contribution is 2.42. The predicted octanol–water partition coefficient (Wildman–Crippen LogP) is 2.87. The maximum Gasteiger partial charge on any atom is 0.321 e. The van der Waals surface area contributed by atoms with Crippen LogP contribution in [0.25, 0.3) is 0 Å². The first-order valence-electron chi connectivity index (χ1n) is 10.3. The van der Waals surface area contributed by atoms with E-state index in [0.29, 0.717) is 24.9 Å². The number of rotatable bonds is 3. The lowest BCUT2D eigenvalue weighted by atomic mass is 9.65. The van der Waals surface area contributed by atoms with Gasteiger partial charge in [0.25, 0.3) is 0 Å². The molecule has 1 heterocycles. The fraction of sp³-hybridized carbons (Fsp3) is 0.619. The first kappa shape index (κ1) is 18.3. The summed E-state index contributed by atoms with van der Waals surface area (Å²) in [6.07, 6.45) is 6.21. The first-order valence-corrected chi connectivity index (χ1v) is 10.3. The van der Waals surface area contributed by atoms with Crippen LogP contribution < -0.4 is 21.3 Å². The third kappa shape index (κ3) is 3.55. The van der Waals surface area contributed by atoms with Crippen molar-refractivity contribution in [3.63, 3.8) is 0 Å². The normalized spacial score (nSPS) is 29.2. The van der Waals surface area contributed by atoms with Crippen LogP contribution >= 0.6 is 0 Å². The average molecular weight is 370 g/mol. The lowest BCUT2D eigenvalue weighted by molar-refractivity contribution is -0.122. The molecule has 3 aliphatic rings. The molecule has 2 aliphatic carbocycles. The molecule has 3 amide bonds. The molecule has 4 rings (SSSR count). The number of urea groups is 1. The van der Waals surface area contributed by atoms with Gasteiger partial charge in [-0.15, -0.1) is 0 Å². The lowest BCUT2D eigenvalue weighted by Gasteiger charge is -2.43. The second-order valence-electron chi connectivity index (χ2n) is 8.27. The van der Waals surface area contributed by atoms with Gasteiger partial charge in [0.05, 0.1) is 5.69 Å². The zero-order chi connectivity index (χ0) is 19.0. The Kier molecular flexibility index (Phi) is 5.08. The van der Waals surface area contributed by atoms with Gasteiger partial charge in [0.1, 0.15) is 0 Å². The molecule has 146 valence electrons. The number of amides is 3. The molecule has 0 spiro atoms. The van der Waals surface area contributed by atoms with Gasteiger partial charge in [-0.3, -0.25) is 9.69 Å². The van der Waals surface area contributed by atoms with Crippen molar-refractivity contribution >= 4 is 23.3 Å². The summed E-state index contributed by atoms with van der Waals surface area (Å²) in [5, 5.41) is 5.95. The molecule has 0 radical (unpaired) electrons. The SMILES string of the molecule is CCNC(=O)N1CCc2ccc(NC(=O)C3CC4CCCC(C3)C4N)cc21. The largest absolute Gasteiger partial charge is 0.338 e. The molecule has 1 aliphatic heterocycles. The van der Waals surface area contributed by atoms with Crippen molar-refractivity contribution < 1.29 is 9.59 Å². The van der Waals surface area contributed by atoms with Crippen molar-refractivity contribution in [3.8, 4) is 0 Å². The molecule has 2 unspecified atom stereocenters. The van der Waals surface area contributed by atoms with Crippen molar-refractivity contribution in [1.29, 1.82) is 0 Å². The molecule has 0 saturated heterocycles. The topological polar surface area (TPSA) is 87.5 Å². The van der Waals surface area contributed by atoms with Gasteiger partial charge >= 0.3 is 6.03 Å². The Morgan fingerprint density at radius 3 is 2.67 bits per heavy atom. The van der Waals surface area contributed by atoms with Gasteiger partial charge in [-0.25, -0.2) is 4.79 Å². The van der Waals surface area contributed by atoms with Crippen LogP contribution in [0.5, 0.6) is 0 Å². The van der Waals surface area contributed by atoms with Gasteiger partial charge in [0, 0.05) is 30.7 Å². The molecule has 2 saturated carbocycles. The van der Waals surface area contributed by atoms with Crippen LogP contribution in [-0.2, 0) is 11.2 Å². The number of anilines is 2. The average Bonchev–Trinajstić information content (AvgIpc) is 3.05. The molecule has 4 N–H and O–H groups in total. The second-order valence-corrected chi connectivity index (χ2v) is 8.27. The number of fused-ring (bicyclic) bond motifs is 3. The van der Waals surface area contributed by atoms with Crippen LogP contribution in [0, 0.1) is 17.8 Å². The van der Waals surface area contributed by atoms with E-state index in [2.05, 4.69) is 10.6 Å². The highest BCUT2D eigenvalue weighted by atomic mass is 16.2. The van der Waals surface area contributed by atoms with E-state index in [1.807, 2.05) is 25.1 Å². The molecule has 2 atom stereocenters. The van der Waals surface area contributed by atoms with E-state index >= 15 is 0 Å². The molecule has 6 heteroatoms. The van der Waals surface area contributed by atoms with Crippen LogP contribution in [0.2, 0.25) is 0 Å². The number of hydrogen-bond donors (Lipinski definition) is 3. The first-order chi connectivity index (χ1) is 13.1. The van der Waals surface area contributed by atoms with E-state index in [-0.39, 0.29) is 23.9 Å². The minimum absolute atomic E-state index is 0.0489. The standard InChI is InChI=1S/C21H30N4O2/c1-2-23-21(27)25-9-8-13-6-7-17(12-18(13)25)24-20(26)16-10-14-4-3-5-15(11-16)19(14)22/h6-7,12,14-16,19H,2-5,8-11,22H2,1H3,(H,23,27)(H,24,26).